The van der Waals surface area contributed by atoms with Gasteiger partial charge in [-0.3, -0.25) is 4.90 Å². The highest BCUT2D eigenvalue weighted by atomic mass is 16.5. The quantitative estimate of drug-likeness (QED) is 0.848. The monoisotopic (exact) mass is 302 g/mol. The van der Waals surface area contributed by atoms with Crippen molar-refractivity contribution in [1.82, 2.24) is 9.80 Å². The van der Waals surface area contributed by atoms with Crippen LogP contribution in [0.5, 0.6) is 5.75 Å². The Morgan fingerprint density at radius 2 is 1.77 bits per heavy atom. The molecule has 2 aliphatic rings. The summed E-state index contributed by atoms with van der Waals surface area (Å²) in [7, 11) is 1.72. The highest BCUT2D eigenvalue weighted by molar-refractivity contribution is 5.27. The van der Waals surface area contributed by atoms with E-state index < -0.39 is 0 Å². The van der Waals surface area contributed by atoms with Gasteiger partial charge in [-0.1, -0.05) is 19.1 Å². The van der Waals surface area contributed by atoms with Crippen molar-refractivity contribution in [2.75, 3.05) is 33.3 Å². The van der Waals surface area contributed by atoms with Gasteiger partial charge in [-0.25, -0.2) is 0 Å². The lowest BCUT2D eigenvalue weighted by atomic mass is 9.95. The number of methoxy groups -OCH3 is 1. The van der Waals surface area contributed by atoms with Crippen molar-refractivity contribution >= 4 is 0 Å². The van der Waals surface area contributed by atoms with E-state index in [1.165, 1.54) is 57.4 Å². The fraction of sp³-hybridized carbons (Fsp3) is 0.684. The van der Waals surface area contributed by atoms with E-state index in [2.05, 4.69) is 41.0 Å². The predicted octanol–water partition coefficient (Wildman–Crippen LogP) is 3.39. The van der Waals surface area contributed by atoms with E-state index in [-0.39, 0.29) is 0 Å². The second-order valence-electron chi connectivity index (χ2n) is 7.10. The number of rotatable bonds is 4. The summed E-state index contributed by atoms with van der Waals surface area (Å²) in [6.45, 7) is 8.61. The van der Waals surface area contributed by atoms with Crippen molar-refractivity contribution < 1.29 is 4.74 Å². The molecular weight excluding hydrogens is 272 g/mol. The van der Waals surface area contributed by atoms with Gasteiger partial charge >= 0.3 is 0 Å². The van der Waals surface area contributed by atoms with E-state index >= 15 is 0 Å². The average Bonchev–Trinajstić information content (AvgIpc) is 2.56. The number of piperidine rings is 2. The smallest absolute Gasteiger partial charge is 0.118 e. The first-order valence-electron chi connectivity index (χ1n) is 8.84. The average molecular weight is 302 g/mol. The van der Waals surface area contributed by atoms with Gasteiger partial charge in [0.25, 0.3) is 0 Å². The third-order valence-corrected chi connectivity index (χ3v) is 5.33. The van der Waals surface area contributed by atoms with Crippen molar-refractivity contribution in [3.05, 3.63) is 29.8 Å². The summed E-state index contributed by atoms with van der Waals surface area (Å²) in [5, 5.41) is 0. The van der Waals surface area contributed by atoms with Crippen LogP contribution in [0.15, 0.2) is 24.3 Å². The van der Waals surface area contributed by atoms with E-state index in [1.54, 1.807) is 7.11 Å². The topological polar surface area (TPSA) is 15.7 Å². The van der Waals surface area contributed by atoms with Crippen LogP contribution in [0.25, 0.3) is 0 Å². The molecule has 0 aliphatic carbocycles. The molecule has 122 valence electrons. The lowest BCUT2D eigenvalue weighted by molar-refractivity contribution is 0.0729. The predicted molar refractivity (Wildman–Crippen MR) is 91.3 cm³/mol. The van der Waals surface area contributed by atoms with Crippen LogP contribution >= 0.6 is 0 Å². The molecule has 0 radical (unpaired) electrons. The van der Waals surface area contributed by atoms with Crippen LogP contribution in [0, 0.1) is 5.92 Å². The van der Waals surface area contributed by atoms with E-state index in [0.717, 1.165) is 24.3 Å². The first-order chi connectivity index (χ1) is 10.7. The summed E-state index contributed by atoms with van der Waals surface area (Å²) < 4.78 is 5.23. The third-order valence-electron chi connectivity index (χ3n) is 5.33. The summed E-state index contributed by atoms with van der Waals surface area (Å²) >= 11 is 0. The second kappa shape index (κ2) is 7.47. The fourth-order valence-electron chi connectivity index (χ4n) is 3.99. The minimum atomic E-state index is 0.829. The Labute approximate surface area is 135 Å². The minimum Gasteiger partial charge on any atom is -0.497 e. The molecule has 0 saturated carbocycles. The number of ether oxygens (including phenoxy) is 1. The Hall–Kier alpha value is -1.06. The second-order valence-corrected chi connectivity index (χ2v) is 7.10. The van der Waals surface area contributed by atoms with Gasteiger partial charge < -0.3 is 9.64 Å². The van der Waals surface area contributed by atoms with E-state index in [4.69, 9.17) is 4.74 Å². The van der Waals surface area contributed by atoms with Crippen LogP contribution in [0.1, 0.15) is 38.2 Å². The maximum absolute atomic E-state index is 5.23. The van der Waals surface area contributed by atoms with Crippen LogP contribution in [-0.4, -0.2) is 49.1 Å². The van der Waals surface area contributed by atoms with Gasteiger partial charge in [-0.15, -0.1) is 0 Å². The van der Waals surface area contributed by atoms with Crippen LogP contribution in [0.4, 0.5) is 0 Å². The van der Waals surface area contributed by atoms with Gasteiger partial charge in [0, 0.05) is 19.1 Å². The van der Waals surface area contributed by atoms with Gasteiger partial charge in [0.15, 0.2) is 0 Å². The van der Waals surface area contributed by atoms with E-state index in [0.29, 0.717) is 0 Å². The molecule has 0 amide bonds. The standard InChI is InChI=1S/C19H30N2O/c1-16-4-3-11-21(14-16)18-9-12-20(13-10-18)15-17-5-7-19(22-2)8-6-17/h5-8,16,18H,3-4,9-15H2,1-2H3/t16-/m1/s1. The maximum atomic E-state index is 5.23. The Kier molecular flexibility index (Phi) is 5.37. The molecule has 1 aromatic rings. The fourth-order valence-corrected chi connectivity index (χ4v) is 3.99. The molecule has 0 unspecified atom stereocenters. The first-order valence-corrected chi connectivity index (χ1v) is 8.84. The molecule has 3 heteroatoms. The van der Waals surface area contributed by atoms with Crippen LogP contribution in [-0.2, 0) is 6.54 Å². The largest absolute Gasteiger partial charge is 0.497 e. The SMILES string of the molecule is COc1ccc(CN2CCC(N3CCC[C@@H](C)C3)CC2)cc1. The van der Waals surface area contributed by atoms with E-state index in [9.17, 15) is 0 Å². The summed E-state index contributed by atoms with van der Waals surface area (Å²) in [5.74, 6) is 1.84. The molecule has 1 aromatic carbocycles. The zero-order valence-corrected chi connectivity index (χ0v) is 14.1. The summed E-state index contributed by atoms with van der Waals surface area (Å²) in [6, 6.07) is 9.35. The molecule has 0 N–H and O–H groups in total. The summed E-state index contributed by atoms with van der Waals surface area (Å²) in [6.07, 6.45) is 5.49. The van der Waals surface area contributed by atoms with Crippen LogP contribution < -0.4 is 4.74 Å². The van der Waals surface area contributed by atoms with Gasteiger partial charge in [0.1, 0.15) is 5.75 Å². The molecule has 2 aliphatic heterocycles. The summed E-state index contributed by atoms with van der Waals surface area (Å²) in [4.78, 5) is 5.37. The molecule has 2 saturated heterocycles. The zero-order valence-electron chi connectivity index (χ0n) is 14.1. The summed E-state index contributed by atoms with van der Waals surface area (Å²) in [5.41, 5.74) is 1.39. The zero-order chi connectivity index (χ0) is 15.4. The number of benzene rings is 1. The van der Waals surface area contributed by atoms with Crippen LogP contribution in [0.3, 0.4) is 0 Å². The lowest BCUT2D eigenvalue weighted by Crippen LogP contribution is -2.47. The molecule has 0 bridgehead atoms. The molecular formula is C19H30N2O. The van der Waals surface area contributed by atoms with Gasteiger partial charge in [0.2, 0.25) is 0 Å². The minimum absolute atomic E-state index is 0.829. The van der Waals surface area contributed by atoms with Crippen molar-refractivity contribution in [3.8, 4) is 5.75 Å². The van der Waals surface area contributed by atoms with E-state index in [1.807, 2.05) is 0 Å². The molecule has 1 atom stereocenters. The third kappa shape index (κ3) is 4.02. The number of hydrogen-bond acceptors (Lipinski definition) is 3. The molecule has 3 rings (SSSR count). The van der Waals surface area contributed by atoms with Crippen molar-refractivity contribution in [2.45, 2.75) is 45.2 Å². The Bertz CT molecular complexity index is 451. The van der Waals surface area contributed by atoms with Gasteiger partial charge in [-0.2, -0.15) is 0 Å². The number of nitrogens with zero attached hydrogens (tertiary/aromatic N) is 2. The molecule has 2 fully saturated rings. The molecule has 2 heterocycles. The Morgan fingerprint density at radius 1 is 1.05 bits per heavy atom. The molecule has 0 spiro atoms. The Morgan fingerprint density at radius 3 is 2.41 bits per heavy atom. The molecule has 0 aromatic heterocycles. The number of likely N-dealkylation sites (tertiary alicyclic amines) is 2. The van der Waals surface area contributed by atoms with Gasteiger partial charge in [-0.05, 0) is 68.9 Å². The van der Waals surface area contributed by atoms with Gasteiger partial charge in [0.05, 0.1) is 7.11 Å². The molecule has 22 heavy (non-hydrogen) atoms. The lowest BCUT2D eigenvalue weighted by Gasteiger charge is -2.41. The highest BCUT2D eigenvalue weighted by Gasteiger charge is 2.27. The highest BCUT2D eigenvalue weighted by Crippen LogP contribution is 2.24. The van der Waals surface area contributed by atoms with Crippen LogP contribution in [0.2, 0.25) is 0 Å². The number of hydrogen-bond donors (Lipinski definition) is 0. The van der Waals surface area contributed by atoms with Crippen molar-refractivity contribution in [1.29, 1.82) is 0 Å². The Balaban J connectivity index is 1.46. The molecule has 3 nitrogen and oxygen atoms in total. The normalized spacial score (nSPS) is 25.3. The first kappa shape index (κ1) is 15.8. The van der Waals surface area contributed by atoms with Crippen molar-refractivity contribution in [3.63, 3.8) is 0 Å². The van der Waals surface area contributed by atoms with Crippen molar-refractivity contribution in [2.24, 2.45) is 5.92 Å². The maximum Gasteiger partial charge on any atom is 0.118 e.